The Morgan fingerprint density at radius 2 is 1.78 bits per heavy atom. The number of hydrogen-bond donors (Lipinski definition) is 3. The first kappa shape index (κ1) is 34.7. The minimum absolute atomic E-state index is 0.0196. The van der Waals surface area contributed by atoms with Crippen LogP contribution in [0, 0.1) is 24.5 Å². The Morgan fingerprint density at radius 3 is 2.48 bits per heavy atom. The largest absolute Gasteiger partial charge is 0.494 e. The minimum atomic E-state index is -1.09. The first-order valence-electron chi connectivity index (χ1n) is 16.5. The van der Waals surface area contributed by atoms with Crippen LogP contribution in [0.5, 0.6) is 5.75 Å². The van der Waals surface area contributed by atoms with Crippen LogP contribution in [0.2, 0.25) is 0 Å². The molecule has 6 rings (SSSR count). The number of nitrogens with zero attached hydrogens (tertiary/aromatic N) is 5. The van der Waals surface area contributed by atoms with Gasteiger partial charge in [0.05, 0.1) is 25.0 Å². The molecule has 0 aliphatic carbocycles. The molecule has 3 atom stereocenters. The molecule has 0 saturated carbocycles. The van der Waals surface area contributed by atoms with Gasteiger partial charge >= 0.3 is 5.97 Å². The molecule has 264 valence electrons. The minimum Gasteiger partial charge on any atom is -0.494 e. The summed E-state index contributed by atoms with van der Waals surface area (Å²) in [6.45, 7) is 7.46. The summed E-state index contributed by atoms with van der Waals surface area (Å²) in [6, 6.07) is 6.93. The van der Waals surface area contributed by atoms with Crippen LogP contribution < -0.4 is 21.1 Å². The molecule has 2 saturated heterocycles. The fraction of sp³-hybridized carbons (Fsp3) is 0.400. The van der Waals surface area contributed by atoms with Crippen LogP contribution >= 0.6 is 0 Å². The van der Waals surface area contributed by atoms with Crippen LogP contribution in [0.25, 0.3) is 16.9 Å². The summed E-state index contributed by atoms with van der Waals surface area (Å²) >= 11 is 0. The molecule has 4 heterocycles. The van der Waals surface area contributed by atoms with Crippen LogP contribution in [0.3, 0.4) is 0 Å². The van der Waals surface area contributed by atoms with Gasteiger partial charge in [0, 0.05) is 68.4 Å². The number of esters is 1. The average Bonchev–Trinajstić information content (AvgIpc) is 3.76. The monoisotopic (exact) mass is 690 g/mol. The highest BCUT2D eigenvalue weighted by atomic mass is 19.2. The van der Waals surface area contributed by atoms with Crippen molar-refractivity contribution in [3.8, 4) is 17.0 Å². The maximum atomic E-state index is 14.9. The lowest BCUT2D eigenvalue weighted by molar-refractivity contribution is -0.151. The predicted molar refractivity (Wildman–Crippen MR) is 181 cm³/mol. The Morgan fingerprint density at radius 1 is 1.04 bits per heavy atom. The Balaban J connectivity index is 1.06. The van der Waals surface area contributed by atoms with E-state index in [0.29, 0.717) is 67.6 Å². The van der Waals surface area contributed by atoms with E-state index in [0.717, 1.165) is 5.56 Å². The van der Waals surface area contributed by atoms with Gasteiger partial charge in [-0.25, -0.2) is 14.4 Å². The molecule has 2 aromatic carbocycles. The molecule has 2 fully saturated rings. The van der Waals surface area contributed by atoms with Gasteiger partial charge < -0.3 is 35.6 Å². The van der Waals surface area contributed by atoms with E-state index in [1.807, 2.05) is 26.8 Å². The zero-order valence-corrected chi connectivity index (χ0v) is 28.3. The van der Waals surface area contributed by atoms with Crippen LogP contribution in [-0.2, 0) is 14.3 Å². The van der Waals surface area contributed by atoms with Crippen molar-refractivity contribution in [2.24, 2.45) is 11.7 Å². The Hall–Kier alpha value is -5.15. The van der Waals surface area contributed by atoms with Crippen molar-refractivity contribution < 1.29 is 32.6 Å². The third kappa shape index (κ3) is 6.83. The van der Waals surface area contributed by atoms with Crippen LogP contribution in [0.1, 0.15) is 36.2 Å². The number of ether oxygens (including phenoxy) is 2. The smallest absolute Gasteiger partial charge is 0.323 e. The van der Waals surface area contributed by atoms with Crippen molar-refractivity contribution in [2.75, 3.05) is 45.2 Å². The number of piperazine rings is 1. The van der Waals surface area contributed by atoms with Gasteiger partial charge in [-0.15, -0.1) is 0 Å². The summed E-state index contributed by atoms with van der Waals surface area (Å²) in [7, 11) is 1.27. The van der Waals surface area contributed by atoms with E-state index in [2.05, 4.69) is 20.6 Å². The number of rotatable bonds is 9. The van der Waals surface area contributed by atoms with Crippen molar-refractivity contribution in [2.45, 2.75) is 45.4 Å². The quantitative estimate of drug-likeness (QED) is 0.223. The molecule has 0 unspecified atom stereocenters. The number of amides is 2. The van der Waals surface area contributed by atoms with E-state index in [1.165, 1.54) is 31.6 Å². The third-order valence-electron chi connectivity index (χ3n) is 9.23. The van der Waals surface area contributed by atoms with E-state index in [-0.39, 0.29) is 29.0 Å². The number of nitrogens with two attached hydrogens (primary N) is 1. The fourth-order valence-electron chi connectivity index (χ4n) is 6.23. The summed E-state index contributed by atoms with van der Waals surface area (Å²) in [4.78, 5) is 51.2. The number of methoxy groups -OCH3 is 1. The van der Waals surface area contributed by atoms with Crippen LogP contribution in [0.15, 0.2) is 48.9 Å². The number of carbonyl (C=O) groups is 3. The first-order valence-corrected chi connectivity index (χ1v) is 16.5. The number of nitrogens with one attached hydrogen (secondary N) is 2. The number of imidazole rings is 1. The summed E-state index contributed by atoms with van der Waals surface area (Å²) in [5.74, 6) is -2.67. The average molecular weight is 691 g/mol. The second-order valence-corrected chi connectivity index (χ2v) is 12.9. The van der Waals surface area contributed by atoms with E-state index in [1.54, 1.807) is 32.5 Å². The van der Waals surface area contributed by atoms with Crippen LogP contribution in [-0.4, -0.2) is 100.0 Å². The van der Waals surface area contributed by atoms with E-state index >= 15 is 0 Å². The molecular formula is C35H40F2N8O5. The third-order valence-corrected chi connectivity index (χ3v) is 9.23. The molecule has 0 bridgehead atoms. The van der Waals surface area contributed by atoms with Gasteiger partial charge in [0.1, 0.15) is 12.1 Å². The van der Waals surface area contributed by atoms with E-state index < -0.39 is 35.8 Å². The predicted octanol–water partition coefficient (Wildman–Crippen LogP) is 3.28. The maximum Gasteiger partial charge on any atom is 0.323 e. The normalized spacial score (nSPS) is 18.4. The zero-order valence-electron chi connectivity index (χ0n) is 28.3. The first-order chi connectivity index (χ1) is 24.0. The van der Waals surface area contributed by atoms with Gasteiger partial charge in [-0.1, -0.05) is 13.8 Å². The summed E-state index contributed by atoms with van der Waals surface area (Å²) in [5, 5.41) is 6.38. The zero-order chi connectivity index (χ0) is 35.7. The lowest BCUT2D eigenvalue weighted by Gasteiger charge is -2.36. The van der Waals surface area contributed by atoms with Gasteiger partial charge in [0.15, 0.2) is 23.0 Å². The van der Waals surface area contributed by atoms with Gasteiger partial charge in [0.25, 0.3) is 5.91 Å². The van der Waals surface area contributed by atoms with Gasteiger partial charge in [-0.3, -0.25) is 18.8 Å². The number of benzene rings is 2. The molecule has 15 heteroatoms. The molecule has 2 aliphatic heterocycles. The number of fused-ring (bicyclic) bond motifs is 1. The highest BCUT2D eigenvalue weighted by Crippen LogP contribution is 2.32. The Kier molecular flexibility index (Phi) is 9.97. The van der Waals surface area contributed by atoms with Crippen molar-refractivity contribution in [1.29, 1.82) is 0 Å². The molecule has 4 N–H and O–H groups in total. The molecule has 2 aromatic heterocycles. The maximum absolute atomic E-state index is 14.9. The number of anilines is 2. The molecular weight excluding hydrogens is 650 g/mol. The SMILES string of the molecule is COc1ccc(-c2cnc3c(Nc4ccc(C(=O)N5CCN(C(=O)[C@@H]6C[C@@H](OC(=O)[C@@H](N)C(C)C)CN6)CC5)c(C)c4)nccn23)c(F)c1F. The molecule has 2 aliphatic rings. The van der Waals surface area contributed by atoms with Gasteiger partial charge in [-0.05, 0) is 48.7 Å². The molecule has 0 radical (unpaired) electrons. The second-order valence-electron chi connectivity index (χ2n) is 12.9. The van der Waals surface area contributed by atoms with Crippen molar-refractivity contribution in [3.05, 3.63) is 71.7 Å². The molecule has 2 amide bonds. The number of aryl methyl sites for hydroxylation is 1. The molecule has 0 spiro atoms. The summed E-state index contributed by atoms with van der Waals surface area (Å²) in [6.07, 6.45) is 4.53. The molecule has 13 nitrogen and oxygen atoms in total. The van der Waals surface area contributed by atoms with Crippen molar-refractivity contribution in [3.63, 3.8) is 0 Å². The van der Waals surface area contributed by atoms with E-state index in [9.17, 15) is 23.2 Å². The highest BCUT2D eigenvalue weighted by molar-refractivity contribution is 5.96. The highest BCUT2D eigenvalue weighted by Gasteiger charge is 2.36. The second kappa shape index (κ2) is 14.4. The van der Waals surface area contributed by atoms with Crippen molar-refractivity contribution in [1.82, 2.24) is 29.5 Å². The number of halogens is 2. The number of carbonyl (C=O) groups excluding carboxylic acids is 3. The topological polar surface area (TPSA) is 156 Å². The van der Waals surface area contributed by atoms with E-state index in [4.69, 9.17) is 15.2 Å². The Bertz CT molecular complexity index is 1930. The molecule has 4 aromatic rings. The number of hydrogen-bond acceptors (Lipinski definition) is 10. The standard InChI is InChI=1S/C35H40F2N8O5/c1-19(2)30(38)35(48)50-22-16-25(40-17-22)34(47)44-13-11-43(12-14-44)33(46)23-6-5-21(15-20(23)3)42-31-32-41-18-26(45(32)10-9-39-31)24-7-8-27(49-4)29(37)28(24)36/h5-10,15,18-19,22,25,30,40H,11-14,16-17,38H2,1-4H3,(H,39,42)/t22-,25+,30+/m1/s1. The van der Waals surface area contributed by atoms with Gasteiger partial charge in [0.2, 0.25) is 11.7 Å². The number of aromatic nitrogens is 3. The lowest BCUT2D eigenvalue weighted by Crippen LogP contribution is -2.54. The summed E-state index contributed by atoms with van der Waals surface area (Å²) < 4.78 is 41.3. The van der Waals surface area contributed by atoms with Gasteiger partial charge in [-0.2, -0.15) is 4.39 Å². The Labute approximate surface area is 287 Å². The van der Waals surface area contributed by atoms with Crippen LogP contribution in [0.4, 0.5) is 20.3 Å². The fourth-order valence-corrected chi connectivity index (χ4v) is 6.23. The molecule has 50 heavy (non-hydrogen) atoms. The lowest BCUT2D eigenvalue weighted by atomic mass is 10.1. The summed E-state index contributed by atoms with van der Waals surface area (Å²) in [5.41, 5.74) is 8.56. The van der Waals surface area contributed by atoms with Crippen molar-refractivity contribution >= 4 is 34.9 Å².